The van der Waals surface area contributed by atoms with Crippen molar-refractivity contribution in [1.82, 2.24) is 4.98 Å². The summed E-state index contributed by atoms with van der Waals surface area (Å²) in [4.78, 5) is 6.59. The molecule has 1 rings (SSSR count). The Labute approximate surface area is 98.1 Å². The molecule has 0 aliphatic heterocycles. The van der Waals surface area contributed by atoms with Gasteiger partial charge < -0.3 is 10.0 Å². The van der Waals surface area contributed by atoms with Gasteiger partial charge >= 0.3 is 0 Å². The minimum absolute atomic E-state index is 0.431. The molecular formula is C13H22N2O. The second kappa shape index (κ2) is 5.85. The number of anilines is 1. The molecule has 0 aliphatic rings. The van der Waals surface area contributed by atoms with E-state index in [1.807, 2.05) is 12.1 Å². The third-order valence-corrected chi connectivity index (χ3v) is 2.54. The Morgan fingerprint density at radius 1 is 1.38 bits per heavy atom. The summed E-state index contributed by atoms with van der Waals surface area (Å²) in [5.41, 5.74) is 0.923. The third kappa shape index (κ3) is 3.49. The molecule has 1 unspecified atom stereocenters. The molecule has 16 heavy (non-hydrogen) atoms. The van der Waals surface area contributed by atoms with E-state index in [-0.39, 0.29) is 0 Å². The smallest absolute Gasteiger partial charge is 0.128 e. The zero-order valence-electron chi connectivity index (χ0n) is 10.6. The number of hydrogen-bond acceptors (Lipinski definition) is 3. The fraction of sp³-hybridized carbons (Fsp3) is 0.615. The van der Waals surface area contributed by atoms with Gasteiger partial charge in [0.15, 0.2) is 0 Å². The van der Waals surface area contributed by atoms with Crippen LogP contribution in [0.15, 0.2) is 18.3 Å². The molecule has 0 bridgehead atoms. The van der Waals surface area contributed by atoms with Crippen molar-refractivity contribution in [3.63, 3.8) is 0 Å². The van der Waals surface area contributed by atoms with Crippen molar-refractivity contribution in [1.29, 1.82) is 0 Å². The summed E-state index contributed by atoms with van der Waals surface area (Å²) in [6, 6.07) is 3.83. The normalized spacial score (nSPS) is 12.9. The van der Waals surface area contributed by atoms with E-state index in [0.29, 0.717) is 5.92 Å². The first-order valence-electron chi connectivity index (χ1n) is 5.93. The lowest BCUT2D eigenvalue weighted by Crippen LogP contribution is -2.28. The summed E-state index contributed by atoms with van der Waals surface area (Å²) < 4.78 is 0. The predicted molar refractivity (Wildman–Crippen MR) is 67.6 cm³/mol. The molecule has 90 valence electrons. The van der Waals surface area contributed by atoms with Gasteiger partial charge in [-0.1, -0.05) is 13.8 Å². The van der Waals surface area contributed by atoms with Crippen LogP contribution < -0.4 is 4.90 Å². The Morgan fingerprint density at radius 2 is 2.06 bits per heavy atom. The Balaban J connectivity index is 2.87. The van der Waals surface area contributed by atoms with Crippen LogP contribution in [0.3, 0.4) is 0 Å². The van der Waals surface area contributed by atoms with Crippen LogP contribution in [-0.4, -0.2) is 23.2 Å². The Hall–Kier alpha value is -1.09. The van der Waals surface area contributed by atoms with E-state index in [1.54, 1.807) is 13.1 Å². The Bertz CT molecular complexity index is 323. The summed E-state index contributed by atoms with van der Waals surface area (Å²) >= 11 is 0. The monoisotopic (exact) mass is 222 g/mol. The summed E-state index contributed by atoms with van der Waals surface area (Å²) in [7, 11) is 0. The van der Waals surface area contributed by atoms with Crippen molar-refractivity contribution in [3.8, 4) is 0 Å². The first kappa shape index (κ1) is 13.0. The molecule has 1 heterocycles. The molecule has 0 saturated carbocycles. The first-order chi connectivity index (χ1) is 7.54. The lowest BCUT2D eigenvalue weighted by molar-refractivity contribution is 0.199. The van der Waals surface area contributed by atoms with E-state index >= 15 is 0 Å². The van der Waals surface area contributed by atoms with E-state index in [4.69, 9.17) is 0 Å². The van der Waals surface area contributed by atoms with Gasteiger partial charge in [-0.15, -0.1) is 0 Å². The highest BCUT2D eigenvalue weighted by atomic mass is 16.3. The molecule has 3 heteroatoms. The number of aliphatic hydroxyl groups excluding tert-OH is 1. The minimum atomic E-state index is -0.431. The number of aliphatic hydroxyl groups is 1. The SMILES string of the molecule is CCN(CC(C)C)c1cc(C(C)O)ccn1. The Kier molecular flexibility index (Phi) is 4.74. The van der Waals surface area contributed by atoms with Crippen molar-refractivity contribution < 1.29 is 5.11 Å². The molecule has 0 aromatic carbocycles. The second-order valence-electron chi connectivity index (χ2n) is 4.56. The molecule has 1 atom stereocenters. The summed E-state index contributed by atoms with van der Waals surface area (Å²) in [6.45, 7) is 10.2. The quantitative estimate of drug-likeness (QED) is 0.832. The fourth-order valence-electron chi connectivity index (χ4n) is 1.69. The fourth-order valence-corrected chi connectivity index (χ4v) is 1.69. The highest BCUT2D eigenvalue weighted by Crippen LogP contribution is 2.18. The molecule has 3 nitrogen and oxygen atoms in total. The summed E-state index contributed by atoms with van der Waals surface area (Å²) in [6.07, 6.45) is 1.33. The maximum absolute atomic E-state index is 9.54. The second-order valence-corrected chi connectivity index (χ2v) is 4.56. The molecule has 0 saturated heterocycles. The van der Waals surface area contributed by atoms with Crippen molar-refractivity contribution in [3.05, 3.63) is 23.9 Å². The van der Waals surface area contributed by atoms with Crippen molar-refractivity contribution in [2.45, 2.75) is 33.8 Å². The predicted octanol–water partition coefficient (Wildman–Crippen LogP) is 2.62. The van der Waals surface area contributed by atoms with E-state index in [2.05, 4.69) is 30.7 Å². The van der Waals surface area contributed by atoms with Crippen LogP contribution in [0.5, 0.6) is 0 Å². The molecule has 1 aromatic heterocycles. The minimum Gasteiger partial charge on any atom is -0.389 e. The third-order valence-electron chi connectivity index (χ3n) is 2.54. The number of rotatable bonds is 5. The topological polar surface area (TPSA) is 36.4 Å². The summed E-state index contributed by atoms with van der Waals surface area (Å²) in [5, 5.41) is 9.54. The standard InChI is InChI=1S/C13H22N2O/c1-5-15(9-10(2)3)13-8-12(11(4)16)6-7-14-13/h6-8,10-11,16H,5,9H2,1-4H3. The molecule has 0 aliphatic carbocycles. The average molecular weight is 222 g/mol. The highest BCUT2D eigenvalue weighted by Gasteiger charge is 2.09. The van der Waals surface area contributed by atoms with Crippen LogP contribution in [-0.2, 0) is 0 Å². The van der Waals surface area contributed by atoms with Crippen LogP contribution in [0.25, 0.3) is 0 Å². The van der Waals surface area contributed by atoms with Crippen molar-refractivity contribution in [2.75, 3.05) is 18.0 Å². The highest BCUT2D eigenvalue weighted by molar-refractivity contribution is 5.41. The molecule has 0 spiro atoms. The molecule has 0 amide bonds. The maximum atomic E-state index is 9.54. The van der Waals surface area contributed by atoms with Gasteiger partial charge in [0.05, 0.1) is 6.10 Å². The summed E-state index contributed by atoms with van der Waals surface area (Å²) in [5.74, 6) is 1.56. The molecule has 1 N–H and O–H groups in total. The van der Waals surface area contributed by atoms with Crippen LogP contribution in [0.2, 0.25) is 0 Å². The van der Waals surface area contributed by atoms with E-state index in [1.165, 1.54) is 0 Å². The van der Waals surface area contributed by atoms with E-state index in [0.717, 1.165) is 24.5 Å². The van der Waals surface area contributed by atoms with E-state index in [9.17, 15) is 5.11 Å². The van der Waals surface area contributed by atoms with Gasteiger partial charge in [-0.2, -0.15) is 0 Å². The van der Waals surface area contributed by atoms with Crippen molar-refractivity contribution in [2.24, 2.45) is 5.92 Å². The Morgan fingerprint density at radius 3 is 2.56 bits per heavy atom. The zero-order valence-corrected chi connectivity index (χ0v) is 10.6. The first-order valence-corrected chi connectivity index (χ1v) is 5.93. The van der Waals surface area contributed by atoms with Gasteiger partial charge in [0.1, 0.15) is 5.82 Å². The van der Waals surface area contributed by atoms with Gasteiger partial charge in [0, 0.05) is 19.3 Å². The molecule has 0 radical (unpaired) electrons. The molecular weight excluding hydrogens is 200 g/mol. The van der Waals surface area contributed by atoms with Crippen LogP contribution in [0.4, 0.5) is 5.82 Å². The van der Waals surface area contributed by atoms with E-state index < -0.39 is 6.10 Å². The van der Waals surface area contributed by atoms with Crippen LogP contribution >= 0.6 is 0 Å². The largest absolute Gasteiger partial charge is 0.389 e. The number of hydrogen-bond donors (Lipinski definition) is 1. The van der Waals surface area contributed by atoms with Gasteiger partial charge in [0.2, 0.25) is 0 Å². The molecule has 1 aromatic rings. The van der Waals surface area contributed by atoms with Gasteiger partial charge in [-0.3, -0.25) is 0 Å². The molecule has 0 fully saturated rings. The average Bonchev–Trinajstić information content (AvgIpc) is 2.25. The van der Waals surface area contributed by atoms with Crippen molar-refractivity contribution >= 4 is 5.82 Å². The number of pyridine rings is 1. The number of aromatic nitrogens is 1. The van der Waals surface area contributed by atoms with Gasteiger partial charge in [-0.25, -0.2) is 4.98 Å². The van der Waals surface area contributed by atoms with Gasteiger partial charge in [-0.05, 0) is 37.5 Å². The number of nitrogens with zero attached hydrogens (tertiary/aromatic N) is 2. The lowest BCUT2D eigenvalue weighted by Gasteiger charge is -2.24. The van der Waals surface area contributed by atoms with Crippen LogP contribution in [0.1, 0.15) is 39.4 Å². The maximum Gasteiger partial charge on any atom is 0.128 e. The lowest BCUT2D eigenvalue weighted by atomic mass is 10.1. The van der Waals surface area contributed by atoms with Crippen LogP contribution in [0, 0.1) is 5.92 Å². The zero-order chi connectivity index (χ0) is 12.1. The van der Waals surface area contributed by atoms with Gasteiger partial charge in [0.25, 0.3) is 0 Å².